The van der Waals surface area contributed by atoms with Crippen molar-refractivity contribution >= 4 is 6.16 Å². The summed E-state index contributed by atoms with van der Waals surface area (Å²) in [6, 6.07) is 0. The molecule has 0 aromatic carbocycles. The Kier molecular flexibility index (Phi) is 4.32. The van der Waals surface area contributed by atoms with E-state index in [-0.39, 0.29) is 6.61 Å². The third kappa shape index (κ3) is 3.91. The second-order valence-electron chi connectivity index (χ2n) is 1.71. The van der Waals surface area contributed by atoms with Crippen LogP contribution in [0.4, 0.5) is 4.79 Å². The maximum absolute atomic E-state index is 9.88. The van der Waals surface area contributed by atoms with Crippen molar-refractivity contribution in [2.45, 2.75) is 12.5 Å². The molecule has 0 heterocycles. The fraction of sp³-hybridized carbons (Fsp3) is 0.500. The van der Waals surface area contributed by atoms with Gasteiger partial charge in [0.1, 0.15) is 6.10 Å². The molecule has 0 spiro atoms. The summed E-state index contributed by atoms with van der Waals surface area (Å²) in [5.74, 6) is 0. The average Bonchev–Trinajstić information content (AvgIpc) is 1.86. The summed E-state index contributed by atoms with van der Waals surface area (Å²) in [6.07, 6.45) is -0.219. The highest BCUT2D eigenvalue weighted by Crippen LogP contribution is 1.97. The maximum atomic E-state index is 9.88. The number of aliphatic hydroxyl groups excluding tert-OH is 1. The Labute approximate surface area is 58.7 Å². The van der Waals surface area contributed by atoms with E-state index in [0.717, 1.165) is 0 Å². The Balaban J connectivity index is 3.59. The van der Waals surface area contributed by atoms with Crippen molar-refractivity contribution in [2.75, 3.05) is 6.61 Å². The monoisotopic (exact) mass is 146 g/mol. The molecule has 1 atom stereocenters. The van der Waals surface area contributed by atoms with Crippen LogP contribution in [0.25, 0.3) is 0 Å². The summed E-state index contributed by atoms with van der Waals surface area (Å²) in [4.78, 5) is 9.88. The van der Waals surface area contributed by atoms with E-state index in [1.165, 1.54) is 6.08 Å². The van der Waals surface area contributed by atoms with E-state index in [1.807, 2.05) is 0 Å². The molecular formula is C6H10O4. The van der Waals surface area contributed by atoms with Gasteiger partial charge in [-0.1, -0.05) is 6.08 Å². The van der Waals surface area contributed by atoms with Crippen LogP contribution in [0, 0.1) is 0 Å². The number of rotatable bonds is 4. The molecule has 0 rings (SSSR count). The van der Waals surface area contributed by atoms with E-state index >= 15 is 0 Å². The molecule has 0 fully saturated rings. The topological polar surface area (TPSA) is 66.8 Å². The highest BCUT2D eigenvalue weighted by Gasteiger charge is 2.09. The number of carbonyl (C=O) groups is 1. The number of hydrogen-bond acceptors (Lipinski definition) is 3. The van der Waals surface area contributed by atoms with Crippen LogP contribution in [0.3, 0.4) is 0 Å². The first kappa shape index (κ1) is 8.97. The molecule has 0 amide bonds. The van der Waals surface area contributed by atoms with Crippen LogP contribution in [0.2, 0.25) is 0 Å². The van der Waals surface area contributed by atoms with E-state index in [0.29, 0.717) is 6.42 Å². The van der Waals surface area contributed by atoms with Crippen molar-refractivity contribution in [1.82, 2.24) is 0 Å². The molecular weight excluding hydrogens is 136 g/mol. The summed E-state index contributed by atoms with van der Waals surface area (Å²) in [6.45, 7) is 3.06. The molecule has 10 heavy (non-hydrogen) atoms. The average molecular weight is 146 g/mol. The standard InChI is InChI=1S/C6H10O4/c1-2-3-5(4-7)10-6(8)9/h2,5,7H,1,3-4H2,(H,8,9). The lowest BCUT2D eigenvalue weighted by molar-refractivity contribution is 0.0257. The Hall–Kier alpha value is -1.03. The molecule has 0 aliphatic carbocycles. The van der Waals surface area contributed by atoms with Gasteiger partial charge < -0.3 is 14.9 Å². The second-order valence-corrected chi connectivity index (χ2v) is 1.71. The minimum absolute atomic E-state index is 0.307. The van der Waals surface area contributed by atoms with Crippen molar-refractivity contribution in [3.63, 3.8) is 0 Å². The van der Waals surface area contributed by atoms with Crippen LogP contribution >= 0.6 is 0 Å². The molecule has 0 saturated carbocycles. The molecule has 0 aromatic heterocycles. The van der Waals surface area contributed by atoms with Gasteiger partial charge in [-0.05, 0) is 0 Å². The first-order chi connectivity index (χ1) is 4.70. The van der Waals surface area contributed by atoms with E-state index in [1.54, 1.807) is 0 Å². The van der Waals surface area contributed by atoms with Crippen LogP contribution in [0.15, 0.2) is 12.7 Å². The van der Waals surface area contributed by atoms with Gasteiger partial charge in [0.05, 0.1) is 6.61 Å². The van der Waals surface area contributed by atoms with Gasteiger partial charge in [-0.25, -0.2) is 4.79 Å². The molecule has 0 aliphatic rings. The number of ether oxygens (including phenoxy) is 1. The first-order valence-corrected chi connectivity index (χ1v) is 2.82. The Morgan fingerprint density at radius 3 is 2.70 bits per heavy atom. The Morgan fingerprint density at radius 2 is 2.40 bits per heavy atom. The first-order valence-electron chi connectivity index (χ1n) is 2.82. The molecule has 2 N–H and O–H groups in total. The molecule has 0 saturated heterocycles. The van der Waals surface area contributed by atoms with Crippen molar-refractivity contribution in [3.05, 3.63) is 12.7 Å². The van der Waals surface area contributed by atoms with Crippen molar-refractivity contribution in [3.8, 4) is 0 Å². The fourth-order valence-electron chi connectivity index (χ4n) is 0.488. The van der Waals surface area contributed by atoms with E-state index in [2.05, 4.69) is 11.3 Å². The van der Waals surface area contributed by atoms with Crippen LogP contribution in [0.5, 0.6) is 0 Å². The lowest BCUT2D eigenvalue weighted by Crippen LogP contribution is -2.19. The van der Waals surface area contributed by atoms with Crippen molar-refractivity contribution < 1.29 is 19.7 Å². The predicted molar refractivity (Wildman–Crippen MR) is 34.8 cm³/mol. The highest BCUT2D eigenvalue weighted by atomic mass is 16.7. The van der Waals surface area contributed by atoms with E-state index in [4.69, 9.17) is 10.2 Å². The molecule has 0 radical (unpaired) electrons. The van der Waals surface area contributed by atoms with E-state index < -0.39 is 12.3 Å². The fourth-order valence-corrected chi connectivity index (χ4v) is 0.488. The molecule has 4 heteroatoms. The van der Waals surface area contributed by atoms with Crippen LogP contribution in [-0.2, 0) is 4.74 Å². The summed E-state index contributed by atoms with van der Waals surface area (Å²) in [5, 5.41) is 16.5. The zero-order valence-corrected chi connectivity index (χ0v) is 5.49. The Bertz CT molecular complexity index is 121. The van der Waals surface area contributed by atoms with Gasteiger partial charge in [0.25, 0.3) is 0 Å². The molecule has 1 unspecified atom stereocenters. The predicted octanol–water partition coefficient (Wildman–Crippen LogP) is 0.618. The zero-order valence-electron chi connectivity index (χ0n) is 5.49. The molecule has 0 bridgehead atoms. The van der Waals surface area contributed by atoms with Crippen LogP contribution in [0.1, 0.15) is 6.42 Å². The van der Waals surface area contributed by atoms with E-state index in [9.17, 15) is 4.79 Å². The second kappa shape index (κ2) is 4.81. The molecule has 4 nitrogen and oxygen atoms in total. The van der Waals surface area contributed by atoms with Crippen LogP contribution < -0.4 is 0 Å². The van der Waals surface area contributed by atoms with Gasteiger partial charge in [0, 0.05) is 6.42 Å². The summed E-state index contributed by atoms with van der Waals surface area (Å²) in [7, 11) is 0. The van der Waals surface area contributed by atoms with Gasteiger partial charge in [0.2, 0.25) is 0 Å². The maximum Gasteiger partial charge on any atom is 0.506 e. The minimum Gasteiger partial charge on any atom is -0.450 e. The number of carboxylic acid groups (broad SMARTS) is 1. The van der Waals surface area contributed by atoms with Crippen molar-refractivity contribution in [1.29, 1.82) is 0 Å². The normalized spacial score (nSPS) is 12.1. The summed E-state index contributed by atoms with van der Waals surface area (Å²) >= 11 is 0. The highest BCUT2D eigenvalue weighted by molar-refractivity contribution is 5.57. The van der Waals surface area contributed by atoms with Gasteiger partial charge in [-0.3, -0.25) is 0 Å². The smallest absolute Gasteiger partial charge is 0.450 e. The molecule has 0 aliphatic heterocycles. The van der Waals surface area contributed by atoms with Crippen molar-refractivity contribution in [2.24, 2.45) is 0 Å². The molecule has 0 aromatic rings. The quantitative estimate of drug-likeness (QED) is 0.450. The minimum atomic E-state index is -1.37. The van der Waals surface area contributed by atoms with Crippen LogP contribution in [-0.4, -0.2) is 29.1 Å². The number of aliphatic hydroxyl groups is 1. The van der Waals surface area contributed by atoms with Gasteiger partial charge in [0.15, 0.2) is 0 Å². The Morgan fingerprint density at radius 1 is 1.80 bits per heavy atom. The third-order valence-electron chi connectivity index (χ3n) is 0.901. The van der Waals surface area contributed by atoms with Gasteiger partial charge in [-0.15, -0.1) is 6.58 Å². The largest absolute Gasteiger partial charge is 0.506 e. The summed E-state index contributed by atoms with van der Waals surface area (Å²) < 4.78 is 4.24. The lowest BCUT2D eigenvalue weighted by Gasteiger charge is -2.09. The zero-order chi connectivity index (χ0) is 7.98. The SMILES string of the molecule is C=CCC(CO)OC(=O)O. The lowest BCUT2D eigenvalue weighted by atomic mass is 10.3. The summed E-state index contributed by atoms with van der Waals surface area (Å²) in [5.41, 5.74) is 0. The third-order valence-corrected chi connectivity index (χ3v) is 0.901. The van der Waals surface area contributed by atoms with Gasteiger partial charge >= 0.3 is 6.16 Å². The number of hydrogen-bond donors (Lipinski definition) is 2. The van der Waals surface area contributed by atoms with Gasteiger partial charge in [-0.2, -0.15) is 0 Å². The molecule has 58 valence electrons.